The molecule has 0 unspecified atom stereocenters. The Morgan fingerprint density at radius 2 is 1.98 bits per heavy atom. The van der Waals surface area contributed by atoms with Gasteiger partial charge in [-0.3, -0.25) is 9.59 Å². The van der Waals surface area contributed by atoms with E-state index in [1.54, 1.807) is 18.2 Å². The first-order valence-electron chi connectivity index (χ1n) is 14.8. The van der Waals surface area contributed by atoms with Gasteiger partial charge in [-0.2, -0.15) is 0 Å². The molecular formula is C31H45IN2O7. The molecule has 5 rings (SSSR count). The highest BCUT2D eigenvalue weighted by Gasteiger charge is 2.55. The van der Waals surface area contributed by atoms with Crippen LogP contribution in [0.5, 0.6) is 11.5 Å². The Labute approximate surface area is 256 Å². The van der Waals surface area contributed by atoms with Crippen LogP contribution in [0, 0.1) is 26.7 Å². The second-order valence-corrected chi connectivity index (χ2v) is 13.4. The number of methoxy groups -OCH3 is 1. The van der Waals surface area contributed by atoms with Crippen LogP contribution in [0.25, 0.3) is 0 Å². The molecule has 9 nitrogen and oxygen atoms in total. The fourth-order valence-electron chi connectivity index (χ4n) is 7.11. The molecule has 0 aromatic heterocycles. The maximum atomic E-state index is 13.7. The number of nitrogens with one attached hydrogen (secondary N) is 1. The predicted octanol–water partition coefficient (Wildman–Crippen LogP) is 3.41. The van der Waals surface area contributed by atoms with Gasteiger partial charge >= 0.3 is 0 Å². The van der Waals surface area contributed by atoms with Crippen molar-refractivity contribution in [2.75, 3.05) is 26.8 Å². The number of halogens is 1. The van der Waals surface area contributed by atoms with E-state index in [1.165, 1.54) is 13.5 Å². The molecule has 4 N–H and O–H groups in total. The van der Waals surface area contributed by atoms with Crippen molar-refractivity contribution in [2.24, 2.45) is 23.2 Å². The second kappa shape index (κ2) is 13.6. The minimum atomic E-state index is -1.09. The molecule has 2 amide bonds. The van der Waals surface area contributed by atoms with Crippen molar-refractivity contribution < 1.29 is 34.4 Å². The van der Waals surface area contributed by atoms with Gasteiger partial charge in [0.2, 0.25) is 11.8 Å². The summed E-state index contributed by atoms with van der Waals surface area (Å²) in [7, 11) is 1.50. The molecule has 3 saturated carbocycles. The van der Waals surface area contributed by atoms with Crippen LogP contribution in [0.3, 0.4) is 0 Å². The van der Waals surface area contributed by atoms with E-state index in [2.05, 4.69) is 41.8 Å². The number of hydrogen-bond acceptors (Lipinski definition) is 7. The maximum Gasteiger partial charge on any atom is 0.247 e. The summed E-state index contributed by atoms with van der Waals surface area (Å²) in [4.78, 5) is 28.6. The lowest BCUT2D eigenvalue weighted by molar-refractivity contribution is -0.148. The lowest BCUT2D eigenvalue weighted by Gasteiger charge is -2.61. The zero-order chi connectivity index (χ0) is 29.9. The molecule has 0 aliphatic heterocycles. The number of rotatable bonds is 12. The van der Waals surface area contributed by atoms with Crippen LogP contribution in [0.2, 0.25) is 0 Å². The van der Waals surface area contributed by atoms with Crippen LogP contribution in [-0.4, -0.2) is 77.1 Å². The maximum absolute atomic E-state index is 13.7. The molecule has 0 saturated heterocycles. The third-order valence-corrected chi connectivity index (χ3v) is 10.4. The first kappa shape index (κ1) is 32.0. The quantitative estimate of drug-likeness (QED) is 0.249. The number of amides is 2. The Hall–Kier alpha value is -1.89. The molecule has 4 aliphatic rings. The van der Waals surface area contributed by atoms with E-state index in [-0.39, 0.29) is 43.4 Å². The summed E-state index contributed by atoms with van der Waals surface area (Å²) in [5.41, 5.74) is 1.31. The minimum absolute atomic E-state index is 0.0222. The number of nitrogens with zero attached hydrogens (tertiary/aromatic N) is 1. The Morgan fingerprint density at radius 1 is 1.22 bits per heavy atom. The van der Waals surface area contributed by atoms with Gasteiger partial charge in [-0.25, -0.2) is 0 Å². The number of aliphatic hydroxyl groups is 3. The zero-order valence-corrected chi connectivity index (χ0v) is 26.7. The second-order valence-electron chi connectivity index (χ2n) is 12.3. The molecule has 10 heteroatoms. The van der Waals surface area contributed by atoms with E-state index < -0.39 is 18.2 Å². The van der Waals surface area contributed by atoms with Gasteiger partial charge in [-0.1, -0.05) is 20.8 Å². The van der Waals surface area contributed by atoms with E-state index in [0.717, 1.165) is 18.8 Å². The molecule has 1 aromatic rings. The lowest BCUT2D eigenvalue weighted by atomic mass is 9.45. The molecule has 41 heavy (non-hydrogen) atoms. The highest BCUT2D eigenvalue weighted by atomic mass is 127. The number of carbonyl (C=O) groups excluding carboxylic acids is 2. The zero-order valence-electron chi connectivity index (χ0n) is 24.6. The van der Waals surface area contributed by atoms with E-state index in [1.807, 2.05) is 11.8 Å². The number of hydrogen-bond donors (Lipinski definition) is 4. The smallest absolute Gasteiger partial charge is 0.247 e. The van der Waals surface area contributed by atoms with Crippen LogP contribution in [0.4, 0.5) is 0 Å². The van der Waals surface area contributed by atoms with E-state index in [0.29, 0.717) is 57.4 Å². The van der Waals surface area contributed by atoms with Crippen molar-refractivity contribution in [1.82, 2.24) is 10.2 Å². The minimum Gasteiger partial charge on any atom is -0.493 e. The van der Waals surface area contributed by atoms with Crippen LogP contribution in [0.1, 0.15) is 64.9 Å². The summed E-state index contributed by atoms with van der Waals surface area (Å²) in [6, 6.07) is 2.80. The average Bonchev–Trinajstić information content (AvgIpc) is 2.96. The van der Waals surface area contributed by atoms with Crippen molar-refractivity contribution >= 4 is 34.4 Å². The normalized spacial score (nSPS) is 28.2. The summed E-state index contributed by atoms with van der Waals surface area (Å²) >= 11 is 2.10. The molecule has 2 bridgehead atoms. The van der Waals surface area contributed by atoms with Crippen molar-refractivity contribution in [2.45, 2.75) is 84.2 Å². The Kier molecular flexibility index (Phi) is 10.6. The SMILES string of the molecule is CCCC(=O)N(C[C@@H]1CC[C@H]2C[C@@H]1C2(C)C)[C@@H]1CC(C(=O)NCCO)=C[C@H](Oc2c(I)cc(CO)cc2OC)[C@H]1O. The van der Waals surface area contributed by atoms with Gasteiger partial charge in [0.05, 0.1) is 29.9 Å². The predicted molar refractivity (Wildman–Crippen MR) is 163 cm³/mol. The monoisotopic (exact) mass is 684 g/mol. The molecule has 4 aliphatic carbocycles. The first-order chi connectivity index (χ1) is 19.5. The third kappa shape index (κ3) is 6.70. The molecule has 1 aromatic carbocycles. The van der Waals surface area contributed by atoms with Crippen LogP contribution < -0.4 is 14.8 Å². The fourth-order valence-corrected chi connectivity index (χ4v) is 7.90. The third-order valence-electron chi connectivity index (χ3n) is 9.56. The largest absolute Gasteiger partial charge is 0.493 e. The average molecular weight is 685 g/mol. The molecule has 0 heterocycles. The van der Waals surface area contributed by atoms with Crippen LogP contribution in [-0.2, 0) is 16.2 Å². The molecule has 6 atom stereocenters. The summed E-state index contributed by atoms with van der Waals surface area (Å²) in [6.45, 7) is 6.92. The molecular weight excluding hydrogens is 639 g/mol. The van der Waals surface area contributed by atoms with Crippen LogP contribution >= 0.6 is 22.6 Å². The van der Waals surface area contributed by atoms with E-state index >= 15 is 0 Å². The van der Waals surface area contributed by atoms with E-state index in [4.69, 9.17) is 9.47 Å². The number of ether oxygens (including phenoxy) is 2. The first-order valence-corrected chi connectivity index (χ1v) is 15.8. The molecule has 228 valence electrons. The highest BCUT2D eigenvalue weighted by Crippen LogP contribution is 2.61. The summed E-state index contributed by atoms with van der Waals surface area (Å²) in [6.07, 6.45) is 4.23. The Morgan fingerprint density at radius 3 is 2.59 bits per heavy atom. The van der Waals surface area contributed by atoms with E-state index in [9.17, 15) is 24.9 Å². The van der Waals surface area contributed by atoms with Crippen molar-refractivity contribution in [3.8, 4) is 11.5 Å². The van der Waals surface area contributed by atoms with Gasteiger partial charge in [-0.15, -0.1) is 0 Å². The van der Waals surface area contributed by atoms with Gasteiger partial charge < -0.3 is 35.0 Å². The Balaban J connectivity index is 1.68. The number of aliphatic hydroxyl groups excluding tert-OH is 3. The topological polar surface area (TPSA) is 129 Å². The van der Waals surface area contributed by atoms with Crippen LogP contribution in [0.15, 0.2) is 23.8 Å². The highest BCUT2D eigenvalue weighted by molar-refractivity contribution is 14.1. The summed E-state index contributed by atoms with van der Waals surface area (Å²) in [5.74, 6) is 2.02. The molecule has 3 fully saturated rings. The van der Waals surface area contributed by atoms with Crippen molar-refractivity contribution in [3.63, 3.8) is 0 Å². The molecule has 0 spiro atoms. The lowest BCUT2D eigenvalue weighted by Crippen LogP contribution is -2.59. The van der Waals surface area contributed by atoms with Gasteiger partial charge in [0, 0.05) is 31.5 Å². The number of benzene rings is 1. The summed E-state index contributed by atoms with van der Waals surface area (Å²) in [5, 5.41) is 33.4. The van der Waals surface area contributed by atoms with Gasteiger partial charge in [0.15, 0.2) is 11.5 Å². The van der Waals surface area contributed by atoms with Gasteiger partial charge in [-0.05, 0) is 95.2 Å². The summed E-state index contributed by atoms with van der Waals surface area (Å²) < 4.78 is 12.6. The van der Waals surface area contributed by atoms with Crippen molar-refractivity contribution in [1.29, 1.82) is 0 Å². The van der Waals surface area contributed by atoms with Crippen molar-refractivity contribution in [3.05, 3.63) is 32.9 Å². The standard InChI is InChI=1S/C31H45IN2O7/c1-5-6-27(37)34(16-19-7-8-21-15-22(19)31(21,2)3)24-13-20(30(39)33-9-10-35)14-25(28(24)38)41-29-23(32)11-18(17-36)12-26(29)40-4/h11-12,14,19,21-22,24-25,28,35-36,38H,5-10,13,15-17H2,1-4H3,(H,33,39)/t19-,21-,22-,24+,25-,28-/m0/s1. The fraction of sp³-hybridized carbons (Fsp3) is 0.677. The van der Waals surface area contributed by atoms with Gasteiger partial charge in [0.1, 0.15) is 12.2 Å². The number of fused-ring (bicyclic) bond motifs is 2. The Bertz CT molecular complexity index is 1140. The molecule has 0 radical (unpaired) electrons. The number of carbonyl (C=O) groups is 2. The van der Waals surface area contributed by atoms with Gasteiger partial charge in [0.25, 0.3) is 0 Å².